The predicted octanol–water partition coefficient (Wildman–Crippen LogP) is 6.07. The summed E-state index contributed by atoms with van der Waals surface area (Å²) in [6.07, 6.45) is 22.5. The number of carbonyl (C=O) groups excluding carboxylic acids is 2. The molecule has 0 spiro atoms. The molecule has 1 aliphatic heterocycles. The highest BCUT2D eigenvalue weighted by atomic mass is 16.5. The molecular weight excluding hydrogens is 338 g/mol. The van der Waals surface area contributed by atoms with E-state index in [0.717, 1.165) is 12.8 Å². The van der Waals surface area contributed by atoms with Crippen LogP contribution in [0.1, 0.15) is 122 Å². The highest BCUT2D eigenvalue weighted by molar-refractivity contribution is 5.85. The molecule has 1 N–H and O–H groups in total. The molecule has 1 amide bonds. The Morgan fingerprint density at radius 2 is 1.26 bits per heavy atom. The van der Waals surface area contributed by atoms with Crippen molar-refractivity contribution in [3.8, 4) is 0 Å². The quantitative estimate of drug-likeness (QED) is 0.231. The Morgan fingerprint density at radius 3 is 1.67 bits per heavy atom. The van der Waals surface area contributed by atoms with Gasteiger partial charge in [-0.15, -0.1) is 0 Å². The summed E-state index contributed by atoms with van der Waals surface area (Å²) in [5.41, 5.74) is 0. The summed E-state index contributed by atoms with van der Waals surface area (Å²) >= 11 is 0. The highest BCUT2D eigenvalue weighted by Gasteiger charge is 2.27. The Kier molecular flexibility index (Phi) is 15.2. The van der Waals surface area contributed by atoms with Gasteiger partial charge in [-0.05, 0) is 6.42 Å². The van der Waals surface area contributed by atoms with E-state index in [4.69, 9.17) is 4.74 Å². The summed E-state index contributed by atoms with van der Waals surface area (Å²) in [6, 6.07) is -0.404. The predicted molar refractivity (Wildman–Crippen MR) is 112 cm³/mol. The largest absolute Gasteiger partial charge is 0.464 e. The molecule has 1 saturated heterocycles. The third kappa shape index (κ3) is 13.7. The number of hydrogen-bond donors (Lipinski definition) is 1. The first kappa shape index (κ1) is 24.0. The number of unbranched alkanes of at least 4 members (excludes halogenated alkanes) is 15. The molecule has 4 nitrogen and oxygen atoms in total. The van der Waals surface area contributed by atoms with Gasteiger partial charge < -0.3 is 10.1 Å². The maximum absolute atomic E-state index is 11.8. The van der Waals surface area contributed by atoms with E-state index in [9.17, 15) is 9.59 Å². The van der Waals surface area contributed by atoms with Crippen molar-refractivity contribution < 1.29 is 14.3 Å². The fourth-order valence-electron chi connectivity index (χ4n) is 3.73. The van der Waals surface area contributed by atoms with Gasteiger partial charge in [0.15, 0.2) is 0 Å². The fraction of sp³-hybridized carbons (Fsp3) is 0.913. The van der Waals surface area contributed by atoms with Crippen LogP contribution in [-0.4, -0.2) is 24.5 Å². The van der Waals surface area contributed by atoms with Gasteiger partial charge in [0, 0.05) is 12.8 Å². The standard InChI is InChI=1S/C23H43NO3/c1-2-3-4-5-6-7-8-9-10-11-12-13-14-15-16-17-18-22(25)24-21-19-20-27-23(21)26/h21H,2-20H2,1H3,(H,24,25)/t21-/m0/s1. The third-order valence-electron chi connectivity index (χ3n) is 5.53. The summed E-state index contributed by atoms with van der Waals surface area (Å²) in [5, 5.41) is 2.77. The van der Waals surface area contributed by atoms with E-state index in [1.807, 2.05) is 0 Å². The summed E-state index contributed by atoms with van der Waals surface area (Å²) in [6.45, 7) is 2.71. The molecule has 158 valence electrons. The van der Waals surface area contributed by atoms with Crippen LogP contribution in [0.25, 0.3) is 0 Å². The van der Waals surface area contributed by atoms with Gasteiger partial charge in [-0.3, -0.25) is 4.79 Å². The minimum Gasteiger partial charge on any atom is -0.464 e. The van der Waals surface area contributed by atoms with Gasteiger partial charge in [0.1, 0.15) is 6.04 Å². The molecule has 0 radical (unpaired) electrons. The lowest BCUT2D eigenvalue weighted by Gasteiger charge is -2.08. The van der Waals surface area contributed by atoms with E-state index < -0.39 is 6.04 Å². The maximum Gasteiger partial charge on any atom is 0.328 e. The van der Waals surface area contributed by atoms with Gasteiger partial charge in [0.25, 0.3) is 0 Å². The Bertz CT molecular complexity index is 384. The van der Waals surface area contributed by atoms with Gasteiger partial charge in [0.2, 0.25) is 5.91 Å². The van der Waals surface area contributed by atoms with Gasteiger partial charge >= 0.3 is 5.97 Å². The van der Waals surface area contributed by atoms with Gasteiger partial charge in [-0.2, -0.15) is 0 Å². The number of nitrogens with one attached hydrogen (secondary N) is 1. The van der Waals surface area contributed by atoms with E-state index >= 15 is 0 Å². The van der Waals surface area contributed by atoms with Crippen molar-refractivity contribution in [2.75, 3.05) is 6.61 Å². The highest BCUT2D eigenvalue weighted by Crippen LogP contribution is 2.14. The Labute approximate surface area is 167 Å². The topological polar surface area (TPSA) is 55.4 Å². The van der Waals surface area contributed by atoms with Crippen molar-refractivity contribution in [1.82, 2.24) is 5.32 Å². The average Bonchev–Trinajstić information content (AvgIpc) is 3.06. The molecular formula is C23H43NO3. The molecule has 0 aromatic heterocycles. The summed E-state index contributed by atoms with van der Waals surface area (Å²) in [5.74, 6) is -0.292. The second-order valence-corrected chi connectivity index (χ2v) is 8.13. The van der Waals surface area contributed by atoms with Crippen molar-refractivity contribution >= 4 is 11.9 Å². The number of esters is 1. The van der Waals surface area contributed by atoms with Crippen molar-refractivity contribution in [3.63, 3.8) is 0 Å². The number of rotatable bonds is 18. The molecule has 1 aliphatic rings. The molecule has 1 rings (SSSR count). The van der Waals surface area contributed by atoms with E-state index in [2.05, 4.69) is 12.2 Å². The van der Waals surface area contributed by atoms with Crippen molar-refractivity contribution in [1.29, 1.82) is 0 Å². The van der Waals surface area contributed by atoms with Crippen LogP contribution < -0.4 is 5.32 Å². The lowest BCUT2D eigenvalue weighted by atomic mass is 10.0. The first-order valence-electron chi connectivity index (χ1n) is 11.7. The first-order valence-corrected chi connectivity index (χ1v) is 11.7. The number of cyclic esters (lactones) is 1. The van der Waals surface area contributed by atoms with Crippen LogP contribution >= 0.6 is 0 Å². The molecule has 0 saturated carbocycles. The van der Waals surface area contributed by atoms with Gasteiger partial charge in [-0.25, -0.2) is 4.79 Å². The van der Waals surface area contributed by atoms with Crippen LogP contribution in [0, 0.1) is 0 Å². The minimum atomic E-state index is -0.404. The van der Waals surface area contributed by atoms with E-state index in [-0.39, 0.29) is 11.9 Å². The minimum absolute atomic E-state index is 0.00999. The van der Waals surface area contributed by atoms with Crippen molar-refractivity contribution in [2.24, 2.45) is 0 Å². The maximum atomic E-state index is 11.8. The molecule has 27 heavy (non-hydrogen) atoms. The Morgan fingerprint density at radius 1 is 0.815 bits per heavy atom. The first-order chi connectivity index (χ1) is 13.2. The van der Waals surface area contributed by atoms with Crippen LogP contribution in [0.5, 0.6) is 0 Å². The molecule has 0 unspecified atom stereocenters. The molecule has 1 heterocycles. The molecule has 0 bridgehead atoms. The van der Waals surface area contributed by atoms with E-state index in [1.165, 1.54) is 89.9 Å². The zero-order valence-corrected chi connectivity index (χ0v) is 17.7. The smallest absolute Gasteiger partial charge is 0.328 e. The lowest BCUT2D eigenvalue weighted by Crippen LogP contribution is -2.37. The molecule has 0 aliphatic carbocycles. The molecule has 4 heteroatoms. The monoisotopic (exact) mass is 381 g/mol. The normalized spacial score (nSPS) is 16.5. The number of carbonyl (C=O) groups is 2. The van der Waals surface area contributed by atoms with Crippen LogP contribution in [-0.2, 0) is 14.3 Å². The SMILES string of the molecule is CCCCCCCCCCCCCCCCCCC(=O)N[C@H]1CCOC1=O. The van der Waals surface area contributed by atoms with Gasteiger partial charge in [0.05, 0.1) is 6.61 Å². The lowest BCUT2D eigenvalue weighted by molar-refractivity contribution is -0.141. The van der Waals surface area contributed by atoms with Crippen LogP contribution in [0.3, 0.4) is 0 Å². The Hall–Kier alpha value is -1.06. The van der Waals surface area contributed by atoms with E-state index in [0.29, 0.717) is 19.4 Å². The third-order valence-corrected chi connectivity index (χ3v) is 5.53. The van der Waals surface area contributed by atoms with Crippen LogP contribution in [0.2, 0.25) is 0 Å². The van der Waals surface area contributed by atoms with Crippen LogP contribution in [0.4, 0.5) is 0 Å². The molecule has 0 aromatic carbocycles. The zero-order chi connectivity index (χ0) is 19.6. The van der Waals surface area contributed by atoms with E-state index in [1.54, 1.807) is 0 Å². The van der Waals surface area contributed by atoms with Crippen LogP contribution in [0.15, 0.2) is 0 Å². The van der Waals surface area contributed by atoms with Gasteiger partial charge in [-0.1, -0.05) is 103 Å². The summed E-state index contributed by atoms with van der Waals surface area (Å²) in [4.78, 5) is 23.1. The molecule has 1 fully saturated rings. The van der Waals surface area contributed by atoms with Crippen molar-refractivity contribution in [3.05, 3.63) is 0 Å². The number of hydrogen-bond acceptors (Lipinski definition) is 3. The summed E-state index contributed by atoms with van der Waals surface area (Å²) in [7, 11) is 0. The molecule has 1 atom stereocenters. The second-order valence-electron chi connectivity index (χ2n) is 8.13. The Balaban J connectivity index is 1.74. The molecule has 0 aromatic rings. The number of amides is 1. The summed E-state index contributed by atoms with van der Waals surface area (Å²) < 4.78 is 4.85. The fourth-order valence-corrected chi connectivity index (χ4v) is 3.73. The van der Waals surface area contributed by atoms with Crippen molar-refractivity contribution in [2.45, 2.75) is 129 Å². The number of ether oxygens (including phenoxy) is 1. The second kappa shape index (κ2) is 17.1. The average molecular weight is 382 g/mol. The zero-order valence-electron chi connectivity index (χ0n) is 17.7.